The number of nitrogen functional groups attached to an aromatic ring is 1. The van der Waals surface area contributed by atoms with Gasteiger partial charge in [0, 0.05) is 37.6 Å². The van der Waals surface area contributed by atoms with Gasteiger partial charge in [0.1, 0.15) is 5.82 Å². The first kappa shape index (κ1) is 13.9. The number of piperidine rings is 1. The fraction of sp³-hybridized carbons (Fsp3) is 0.533. The van der Waals surface area contributed by atoms with Crippen molar-refractivity contribution in [2.45, 2.75) is 39.2 Å². The fourth-order valence-corrected chi connectivity index (χ4v) is 2.94. The van der Waals surface area contributed by atoms with Crippen LogP contribution < -0.4 is 10.6 Å². The monoisotopic (exact) mass is 286 g/mol. The predicted octanol–water partition coefficient (Wildman–Crippen LogP) is 1.97. The summed E-state index contributed by atoms with van der Waals surface area (Å²) in [5.41, 5.74) is 8.02. The van der Waals surface area contributed by atoms with Crippen LogP contribution in [-0.2, 0) is 6.54 Å². The predicted molar refractivity (Wildman–Crippen MR) is 83.3 cm³/mol. The molecule has 0 amide bonds. The van der Waals surface area contributed by atoms with Crippen molar-refractivity contribution >= 4 is 11.8 Å². The topological polar surface area (TPSA) is 72.9 Å². The van der Waals surface area contributed by atoms with E-state index >= 15 is 0 Å². The molecule has 112 valence electrons. The minimum Gasteiger partial charge on any atom is -0.368 e. The summed E-state index contributed by atoms with van der Waals surface area (Å²) in [5, 5.41) is 4.38. The summed E-state index contributed by atoms with van der Waals surface area (Å²) in [6.45, 7) is 6.99. The Morgan fingerprint density at radius 2 is 2.05 bits per heavy atom. The van der Waals surface area contributed by atoms with E-state index in [0.29, 0.717) is 11.9 Å². The zero-order chi connectivity index (χ0) is 14.8. The molecule has 3 rings (SSSR count). The van der Waals surface area contributed by atoms with Crippen molar-refractivity contribution in [3.05, 3.63) is 29.7 Å². The van der Waals surface area contributed by atoms with Crippen LogP contribution in [0.5, 0.6) is 0 Å². The molecule has 1 fully saturated rings. The second-order valence-corrected chi connectivity index (χ2v) is 5.62. The fourth-order valence-electron chi connectivity index (χ4n) is 2.94. The first-order valence-corrected chi connectivity index (χ1v) is 7.54. The standard InChI is InChI=1S/C15H22N6/c1-3-21-10-13(9-17-21)12-4-6-20(7-5-12)14-8-11(2)18-15(16)19-14/h8-10,12H,3-7H2,1-2H3,(H2,16,18,19). The third-order valence-electron chi connectivity index (χ3n) is 4.13. The van der Waals surface area contributed by atoms with Crippen LogP contribution in [-0.4, -0.2) is 32.8 Å². The highest BCUT2D eigenvalue weighted by atomic mass is 15.3. The van der Waals surface area contributed by atoms with Crippen molar-refractivity contribution < 1.29 is 0 Å². The number of aryl methyl sites for hydroxylation is 2. The number of anilines is 2. The second-order valence-electron chi connectivity index (χ2n) is 5.62. The average molecular weight is 286 g/mol. The summed E-state index contributed by atoms with van der Waals surface area (Å²) < 4.78 is 2.00. The molecular weight excluding hydrogens is 264 g/mol. The van der Waals surface area contributed by atoms with E-state index in [0.717, 1.165) is 44.0 Å². The average Bonchev–Trinajstić information content (AvgIpc) is 2.95. The summed E-state index contributed by atoms with van der Waals surface area (Å²) in [6, 6.07) is 2.01. The van der Waals surface area contributed by atoms with E-state index in [4.69, 9.17) is 5.73 Å². The third kappa shape index (κ3) is 2.99. The van der Waals surface area contributed by atoms with Gasteiger partial charge in [0.05, 0.1) is 6.20 Å². The van der Waals surface area contributed by atoms with Gasteiger partial charge in [-0.2, -0.15) is 10.1 Å². The Balaban J connectivity index is 1.67. The Kier molecular flexibility index (Phi) is 3.77. The van der Waals surface area contributed by atoms with Gasteiger partial charge in [0.2, 0.25) is 5.95 Å². The van der Waals surface area contributed by atoms with Crippen LogP contribution >= 0.6 is 0 Å². The zero-order valence-electron chi connectivity index (χ0n) is 12.7. The van der Waals surface area contributed by atoms with Crippen LogP contribution in [0.4, 0.5) is 11.8 Å². The molecule has 21 heavy (non-hydrogen) atoms. The Hall–Kier alpha value is -2.11. The molecule has 1 aliphatic heterocycles. The van der Waals surface area contributed by atoms with Crippen molar-refractivity contribution in [3.8, 4) is 0 Å². The number of nitrogens with two attached hydrogens (primary N) is 1. The minimum absolute atomic E-state index is 0.358. The molecule has 1 aliphatic rings. The van der Waals surface area contributed by atoms with Gasteiger partial charge in [-0.3, -0.25) is 4.68 Å². The van der Waals surface area contributed by atoms with Crippen LogP contribution in [0.1, 0.15) is 36.9 Å². The number of hydrogen-bond acceptors (Lipinski definition) is 5. The number of aromatic nitrogens is 4. The molecular formula is C15H22N6. The Bertz CT molecular complexity index is 592. The molecule has 1 saturated heterocycles. The molecule has 6 heteroatoms. The molecule has 0 saturated carbocycles. The molecule has 0 unspecified atom stereocenters. The molecule has 2 aromatic rings. The van der Waals surface area contributed by atoms with Crippen LogP contribution in [0.25, 0.3) is 0 Å². The summed E-state index contributed by atoms with van der Waals surface area (Å²) in [5.74, 6) is 1.90. The van der Waals surface area contributed by atoms with E-state index in [1.165, 1.54) is 5.56 Å². The smallest absolute Gasteiger partial charge is 0.222 e. The molecule has 2 aromatic heterocycles. The van der Waals surface area contributed by atoms with Crippen LogP contribution in [0.15, 0.2) is 18.5 Å². The normalized spacial score (nSPS) is 16.4. The van der Waals surface area contributed by atoms with Crippen molar-refractivity contribution in [1.82, 2.24) is 19.7 Å². The van der Waals surface area contributed by atoms with E-state index in [2.05, 4.69) is 33.1 Å². The van der Waals surface area contributed by atoms with Crippen molar-refractivity contribution in [2.75, 3.05) is 23.7 Å². The summed E-state index contributed by atoms with van der Waals surface area (Å²) in [4.78, 5) is 10.8. The SMILES string of the molecule is CCn1cc(C2CCN(c3cc(C)nc(N)n3)CC2)cn1. The lowest BCUT2D eigenvalue weighted by atomic mass is 9.91. The van der Waals surface area contributed by atoms with Gasteiger partial charge in [0.15, 0.2) is 0 Å². The van der Waals surface area contributed by atoms with E-state index in [1.807, 2.05) is 23.9 Å². The molecule has 0 spiro atoms. The van der Waals surface area contributed by atoms with Gasteiger partial charge in [-0.25, -0.2) is 4.98 Å². The van der Waals surface area contributed by atoms with Crippen molar-refractivity contribution in [2.24, 2.45) is 0 Å². The maximum Gasteiger partial charge on any atom is 0.222 e. The Morgan fingerprint density at radius 1 is 1.29 bits per heavy atom. The quantitative estimate of drug-likeness (QED) is 0.934. The van der Waals surface area contributed by atoms with Crippen molar-refractivity contribution in [3.63, 3.8) is 0 Å². The molecule has 0 radical (unpaired) electrons. The second kappa shape index (κ2) is 5.71. The number of nitrogens with zero attached hydrogens (tertiary/aromatic N) is 5. The molecule has 0 aliphatic carbocycles. The maximum absolute atomic E-state index is 5.74. The Labute approximate surface area is 125 Å². The van der Waals surface area contributed by atoms with E-state index in [1.54, 1.807) is 0 Å². The van der Waals surface area contributed by atoms with Gasteiger partial charge < -0.3 is 10.6 Å². The highest BCUT2D eigenvalue weighted by Crippen LogP contribution is 2.29. The molecule has 0 atom stereocenters. The van der Waals surface area contributed by atoms with Gasteiger partial charge in [-0.05, 0) is 38.2 Å². The largest absolute Gasteiger partial charge is 0.368 e. The molecule has 3 heterocycles. The highest BCUT2D eigenvalue weighted by molar-refractivity contribution is 5.44. The number of hydrogen-bond donors (Lipinski definition) is 1. The van der Waals surface area contributed by atoms with Gasteiger partial charge in [0.25, 0.3) is 0 Å². The van der Waals surface area contributed by atoms with E-state index in [9.17, 15) is 0 Å². The van der Waals surface area contributed by atoms with Gasteiger partial charge in [-0.15, -0.1) is 0 Å². The zero-order valence-corrected chi connectivity index (χ0v) is 12.7. The molecule has 0 aromatic carbocycles. The summed E-state index contributed by atoms with van der Waals surface area (Å²) in [6.07, 6.45) is 6.43. The minimum atomic E-state index is 0.358. The summed E-state index contributed by atoms with van der Waals surface area (Å²) >= 11 is 0. The molecule has 2 N–H and O–H groups in total. The summed E-state index contributed by atoms with van der Waals surface area (Å²) in [7, 11) is 0. The van der Waals surface area contributed by atoms with Gasteiger partial charge >= 0.3 is 0 Å². The van der Waals surface area contributed by atoms with E-state index < -0.39 is 0 Å². The Morgan fingerprint density at radius 3 is 2.67 bits per heavy atom. The third-order valence-corrected chi connectivity index (χ3v) is 4.13. The van der Waals surface area contributed by atoms with Crippen LogP contribution in [0.2, 0.25) is 0 Å². The number of rotatable bonds is 3. The molecule has 0 bridgehead atoms. The van der Waals surface area contributed by atoms with Crippen LogP contribution in [0, 0.1) is 6.92 Å². The first-order chi connectivity index (χ1) is 10.2. The van der Waals surface area contributed by atoms with E-state index in [-0.39, 0.29) is 0 Å². The molecule has 6 nitrogen and oxygen atoms in total. The van der Waals surface area contributed by atoms with Gasteiger partial charge in [-0.1, -0.05) is 0 Å². The first-order valence-electron chi connectivity index (χ1n) is 7.54. The lowest BCUT2D eigenvalue weighted by molar-refractivity contribution is 0.502. The lowest BCUT2D eigenvalue weighted by Gasteiger charge is -2.32. The van der Waals surface area contributed by atoms with Crippen LogP contribution in [0.3, 0.4) is 0 Å². The maximum atomic E-state index is 5.74. The highest BCUT2D eigenvalue weighted by Gasteiger charge is 2.22. The van der Waals surface area contributed by atoms with Crippen molar-refractivity contribution in [1.29, 1.82) is 0 Å². The lowest BCUT2D eigenvalue weighted by Crippen LogP contribution is -2.33.